The minimum absolute atomic E-state index is 0.134. The molecule has 3 heteroatoms. The Morgan fingerprint density at radius 1 is 1.11 bits per heavy atom. The second-order valence-corrected chi connectivity index (χ2v) is 2.09. The van der Waals surface area contributed by atoms with Crippen LogP contribution in [0.25, 0.3) is 0 Å². The molecule has 0 aromatic heterocycles. The van der Waals surface area contributed by atoms with E-state index < -0.39 is 0 Å². The summed E-state index contributed by atoms with van der Waals surface area (Å²) >= 11 is 0. The van der Waals surface area contributed by atoms with E-state index in [1.807, 2.05) is 0 Å². The lowest BCUT2D eigenvalue weighted by molar-refractivity contribution is -0.00461. The average molecular weight is 132 g/mol. The molecule has 0 radical (unpaired) electrons. The van der Waals surface area contributed by atoms with E-state index in [4.69, 9.17) is 14.2 Å². The van der Waals surface area contributed by atoms with Crippen molar-refractivity contribution >= 4 is 0 Å². The molecule has 0 aromatic rings. The molecular formula is C6H12O3. The molecule has 0 N–H and O–H groups in total. The Balaban J connectivity index is 2.32. The van der Waals surface area contributed by atoms with Crippen molar-refractivity contribution in [3.63, 3.8) is 0 Å². The van der Waals surface area contributed by atoms with E-state index in [0.717, 1.165) is 0 Å². The number of hydrogen-bond acceptors (Lipinski definition) is 3. The molecular weight excluding hydrogens is 120 g/mol. The first-order valence-electron chi connectivity index (χ1n) is 3.02. The fourth-order valence-corrected chi connectivity index (χ4v) is 0.955. The molecule has 2 unspecified atom stereocenters. The van der Waals surface area contributed by atoms with Gasteiger partial charge in [0, 0.05) is 14.2 Å². The third-order valence-corrected chi connectivity index (χ3v) is 1.58. The van der Waals surface area contributed by atoms with Crippen molar-refractivity contribution in [1.29, 1.82) is 0 Å². The van der Waals surface area contributed by atoms with Gasteiger partial charge in [-0.05, 0) is 0 Å². The fraction of sp³-hybridized carbons (Fsp3) is 1.00. The summed E-state index contributed by atoms with van der Waals surface area (Å²) in [5, 5.41) is 0. The van der Waals surface area contributed by atoms with Gasteiger partial charge in [-0.15, -0.1) is 0 Å². The summed E-state index contributed by atoms with van der Waals surface area (Å²) in [5.41, 5.74) is 0. The van der Waals surface area contributed by atoms with E-state index in [2.05, 4.69) is 0 Å². The van der Waals surface area contributed by atoms with Gasteiger partial charge in [0.25, 0.3) is 0 Å². The van der Waals surface area contributed by atoms with Crippen molar-refractivity contribution < 1.29 is 14.2 Å². The van der Waals surface area contributed by atoms with Crippen LogP contribution in [-0.4, -0.2) is 39.6 Å². The first-order valence-corrected chi connectivity index (χ1v) is 3.02. The molecule has 1 heterocycles. The quantitative estimate of drug-likeness (QED) is 0.531. The molecule has 2 atom stereocenters. The van der Waals surface area contributed by atoms with Gasteiger partial charge in [-0.3, -0.25) is 0 Å². The lowest BCUT2D eigenvalue weighted by atomic mass is 10.3. The second kappa shape index (κ2) is 3.15. The van der Waals surface area contributed by atoms with E-state index in [0.29, 0.717) is 13.2 Å². The van der Waals surface area contributed by atoms with Crippen LogP contribution in [0.2, 0.25) is 0 Å². The Morgan fingerprint density at radius 3 is 1.89 bits per heavy atom. The SMILES string of the molecule is COC1COCC1OC. The largest absolute Gasteiger partial charge is 0.376 e. The highest BCUT2D eigenvalue weighted by molar-refractivity contribution is 4.75. The number of ether oxygens (including phenoxy) is 3. The maximum Gasteiger partial charge on any atom is 0.109 e. The van der Waals surface area contributed by atoms with Gasteiger partial charge in [0.05, 0.1) is 13.2 Å². The predicted molar refractivity (Wildman–Crippen MR) is 32.4 cm³/mol. The topological polar surface area (TPSA) is 27.7 Å². The summed E-state index contributed by atoms with van der Waals surface area (Å²) in [6.07, 6.45) is 0.269. The highest BCUT2D eigenvalue weighted by Gasteiger charge is 2.27. The molecule has 1 fully saturated rings. The predicted octanol–water partition coefficient (Wildman–Crippen LogP) is 0.0466. The standard InChI is InChI=1S/C6H12O3/c1-7-5-3-9-4-6(5)8-2/h5-6H,3-4H2,1-2H3. The Hall–Kier alpha value is -0.120. The van der Waals surface area contributed by atoms with Gasteiger partial charge in [0.2, 0.25) is 0 Å². The average Bonchev–Trinajstić information content (AvgIpc) is 2.33. The highest BCUT2D eigenvalue weighted by atomic mass is 16.6. The van der Waals surface area contributed by atoms with Crippen molar-refractivity contribution in [2.24, 2.45) is 0 Å². The van der Waals surface area contributed by atoms with Crippen LogP contribution in [-0.2, 0) is 14.2 Å². The van der Waals surface area contributed by atoms with Gasteiger partial charge in [-0.25, -0.2) is 0 Å². The van der Waals surface area contributed by atoms with Crippen LogP contribution in [0.3, 0.4) is 0 Å². The Morgan fingerprint density at radius 2 is 1.56 bits per heavy atom. The van der Waals surface area contributed by atoms with E-state index in [1.165, 1.54) is 0 Å². The molecule has 1 rings (SSSR count). The van der Waals surface area contributed by atoms with Gasteiger partial charge in [-0.1, -0.05) is 0 Å². The highest BCUT2D eigenvalue weighted by Crippen LogP contribution is 2.10. The molecule has 1 saturated heterocycles. The maximum atomic E-state index is 5.10. The van der Waals surface area contributed by atoms with Crippen LogP contribution < -0.4 is 0 Å². The first kappa shape index (κ1) is 6.99. The van der Waals surface area contributed by atoms with E-state index in [-0.39, 0.29) is 12.2 Å². The molecule has 0 aromatic carbocycles. The smallest absolute Gasteiger partial charge is 0.109 e. The zero-order chi connectivity index (χ0) is 6.69. The van der Waals surface area contributed by atoms with Crippen molar-refractivity contribution in [3.8, 4) is 0 Å². The molecule has 0 bridgehead atoms. The van der Waals surface area contributed by atoms with Crippen molar-refractivity contribution in [2.75, 3.05) is 27.4 Å². The number of hydrogen-bond donors (Lipinski definition) is 0. The molecule has 0 saturated carbocycles. The van der Waals surface area contributed by atoms with Crippen LogP contribution in [0.4, 0.5) is 0 Å². The minimum atomic E-state index is 0.134. The third kappa shape index (κ3) is 1.41. The third-order valence-electron chi connectivity index (χ3n) is 1.58. The normalized spacial score (nSPS) is 35.3. The second-order valence-electron chi connectivity index (χ2n) is 2.09. The van der Waals surface area contributed by atoms with Gasteiger partial charge in [-0.2, -0.15) is 0 Å². The summed E-state index contributed by atoms with van der Waals surface area (Å²) < 4.78 is 15.2. The van der Waals surface area contributed by atoms with Crippen molar-refractivity contribution in [3.05, 3.63) is 0 Å². The molecule has 9 heavy (non-hydrogen) atoms. The monoisotopic (exact) mass is 132 g/mol. The van der Waals surface area contributed by atoms with E-state index >= 15 is 0 Å². The van der Waals surface area contributed by atoms with Gasteiger partial charge in [0.1, 0.15) is 12.2 Å². The summed E-state index contributed by atoms with van der Waals surface area (Å²) in [4.78, 5) is 0. The molecule has 1 aliphatic heterocycles. The minimum Gasteiger partial charge on any atom is -0.376 e. The van der Waals surface area contributed by atoms with Crippen LogP contribution in [0, 0.1) is 0 Å². The molecule has 0 amide bonds. The molecule has 3 nitrogen and oxygen atoms in total. The van der Waals surface area contributed by atoms with Crippen LogP contribution in [0.1, 0.15) is 0 Å². The number of rotatable bonds is 2. The van der Waals surface area contributed by atoms with Gasteiger partial charge >= 0.3 is 0 Å². The maximum absolute atomic E-state index is 5.10. The van der Waals surface area contributed by atoms with Crippen LogP contribution >= 0.6 is 0 Å². The molecule has 0 aliphatic carbocycles. The van der Waals surface area contributed by atoms with Crippen molar-refractivity contribution in [1.82, 2.24) is 0 Å². The first-order chi connectivity index (χ1) is 4.38. The Labute approximate surface area is 54.9 Å². The van der Waals surface area contributed by atoms with E-state index in [1.54, 1.807) is 14.2 Å². The Kier molecular flexibility index (Phi) is 2.45. The zero-order valence-electron chi connectivity index (χ0n) is 5.79. The lowest BCUT2D eigenvalue weighted by Gasteiger charge is -2.12. The molecule has 1 aliphatic rings. The van der Waals surface area contributed by atoms with Crippen LogP contribution in [0.15, 0.2) is 0 Å². The van der Waals surface area contributed by atoms with Crippen molar-refractivity contribution in [2.45, 2.75) is 12.2 Å². The molecule has 0 spiro atoms. The lowest BCUT2D eigenvalue weighted by Crippen LogP contribution is -2.27. The summed E-state index contributed by atoms with van der Waals surface area (Å²) in [6, 6.07) is 0. The summed E-state index contributed by atoms with van der Waals surface area (Å²) in [6.45, 7) is 1.32. The van der Waals surface area contributed by atoms with Gasteiger partial charge < -0.3 is 14.2 Å². The number of methoxy groups -OCH3 is 2. The van der Waals surface area contributed by atoms with E-state index in [9.17, 15) is 0 Å². The summed E-state index contributed by atoms with van der Waals surface area (Å²) in [5.74, 6) is 0. The zero-order valence-corrected chi connectivity index (χ0v) is 5.79. The fourth-order valence-electron chi connectivity index (χ4n) is 0.955. The summed E-state index contributed by atoms with van der Waals surface area (Å²) in [7, 11) is 3.34. The van der Waals surface area contributed by atoms with Crippen LogP contribution in [0.5, 0.6) is 0 Å². The molecule has 54 valence electrons. The van der Waals surface area contributed by atoms with Gasteiger partial charge in [0.15, 0.2) is 0 Å². The Bertz CT molecular complexity index is 74.4.